The van der Waals surface area contributed by atoms with Gasteiger partial charge in [-0.05, 0) is 24.3 Å². The molecule has 1 amide bonds. The average Bonchev–Trinajstić information content (AvgIpc) is 2.65. The minimum absolute atomic E-state index is 0.101. The molecule has 3 rings (SSSR count). The summed E-state index contributed by atoms with van der Waals surface area (Å²) in [6.07, 6.45) is 1.51. The molecule has 0 atom stereocenters. The molecule has 8 heteroatoms. The lowest BCUT2D eigenvalue weighted by Crippen LogP contribution is -2.29. The van der Waals surface area contributed by atoms with Gasteiger partial charge in [-0.3, -0.25) is 14.6 Å². The van der Waals surface area contributed by atoms with Gasteiger partial charge in [0.2, 0.25) is 0 Å². The Bertz CT molecular complexity index is 1020. The summed E-state index contributed by atoms with van der Waals surface area (Å²) in [4.78, 5) is 33.7. The number of fused-ring (bicyclic) bond motifs is 1. The SMILES string of the molecule is CN(C)c1ccc(-c2cnc3c(C(=O)NCC(=O)O)c(O)ccc3n2)cc1. The number of amides is 1. The summed E-state index contributed by atoms with van der Waals surface area (Å²) in [5.74, 6) is -2.20. The molecule has 0 aliphatic rings. The molecule has 8 nitrogen and oxygen atoms in total. The molecule has 0 spiro atoms. The van der Waals surface area contributed by atoms with E-state index in [1.807, 2.05) is 43.3 Å². The van der Waals surface area contributed by atoms with Crippen LogP contribution in [0.25, 0.3) is 22.3 Å². The molecule has 0 saturated carbocycles. The molecule has 0 unspecified atom stereocenters. The number of nitrogens with zero attached hydrogens (tertiary/aromatic N) is 3. The third-order valence-electron chi connectivity index (χ3n) is 4.00. The van der Waals surface area contributed by atoms with Crippen molar-refractivity contribution in [2.75, 3.05) is 25.5 Å². The van der Waals surface area contributed by atoms with Crippen LogP contribution in [0.3, 0.4) is 0 Å². The fraction of sp³-hybridized carbons (Fsp3) is 0.158. The highest BCUT2D eigenvalue weighted by Gasteiger charge is 2.18. The van der Waals surface area contributed by atoms with Crippen LogP contribution in [0.1, 0.15) is 10.4 Å². The zero-order chi connectivity index (χ0) is 19.6. The van der Waals surface area contributed by atoms with Crippen molar-refractivity contribution < 1.29 is 19.8 Å². The van der Waals surface area contributed by atoms with Crippen LogP contribution < -0.4 is 10.2 Å². The lowest BCUT2D eigenvalue weighted by atomic mass is 10.1. The number of carboxylic acid groups (broad SMARTS) is 1. The van der Waals surface area contributed by atoms with Crippen molar-refractivity contribution in [3.8, 4) is 17.0 Å². The van der Waals surface area contributed by atoms with Crippen molar-refractivity contribution in [2.45, 2.75) is 0 Å². The molecular formula is C19H18N4O4. The molecule has 1 heterocycles. The van der Waals surface area contributed by atoms with E-state index in [9.17, 15) is 14.7 Å². The van der Waals surface area contributed by atoms with E-state index >= 15 is 0 Å². The lowest BCUT2D eigenvalue weighted by Gasteiger charge is -2.13. The molecule has 0 bridgehead atoms. The Kier molecular flexibility index (Phi) is 4.89. The summed E-state index contributed by atoms with van der Waals surface area (Å²) in [5.41, 5.74) is 3.05. The highest BCUT2D eigenvalue weighted by atomic mass is 16.4. The number of rotatable bonds is 5. The van der Waals surface area contributed by atoms with Gasteiger partial charge in [0.1, 0.15) is 23.4 Å². The van der Waals surface area contributed by atoms with Gasteiger partial charge in [-0.1, -0.05) is 12.1 Å². The Morgan fingerprint density at radius 3 is 2.44 bits per heavy atom. The molecule has 3 N–H and O–H groups in total. The molecule has 0 fully saturated rings. The number of carboxylic acids is 1. The van der Waals surface area contributed by atoms with Gasteiger partial charge in [0.15, 0.2) is 0 Å². The first-order chi connectivity index (χ1) is 12.9. The van der Waals surface area contributed by atoms with Crippen LogP contribution in [0.4, 0.5) is 5.69 Å². The van der Waals surface area contributed by atoms with Crippen molar-refractivity contribution in [3.63, 3.8) is 0 Å². The second-order valence-corrected chi connectivity index (χ2v) is 6.10. The molecular weight excluding hydrogens is 348 g/mol. The van der Waals surface area contributed by atoms with E-state index in [-0.39, 0.29) is 16.8 Å². The summed E-state index contributed by atoms with van der Waals surface area (Å²) in [6.45, 7) is -0.557. The highest BCUT2D eigenvalue weighted by molar-refractivity contribution is 6.08. The number of carbonyl (C=O) groups excluding carboxylic acids is 1. The van der Waals surface area contributed by atoms with Gasteiger partial charge in [0.05, 0.1) is 17.4 Å². The van der Waals surface area contributed by atoms with E-state index in [0.717, 1.165) is 11.3 Å². The molecule has 138 valence electrons. The quantitative estimate of drug-likeness (QED) is 0.631. The number of nitrogens with one attached hydrogen (secondary N) is 1. The van der Waals surface area contributed by atoms with Gasteiger partial charge in [-0.2, -0.15) is 0 Å². The Morgan fingerprint density at radius 1 is 1.11 bits per heavy atom. The monoisotopic (exact) mass is 366 g/mol. The maximum atomic E-state index is 12.2. The predicted molar refractivity (Wildman–Crippen MR) is 101 cm³/mol. The molecule has 0 aliphatic carbocycles. The number of aromatic nitrogens is 2. The van der Waals surface area contributed by atoms with Gasteiger partial charge in [-0.15, -0.1) is 0 Å². The number of phenolic OH excluding ortho intramolecular Hbond substituents is 1. The van der Waals surface area contributed by atoms with Gasteiger partial charge >= 0.3 is 5.97 Å². The zero-order valence-electron chi connectivity index (χ0n) is 14.8. The Morgan fingerprint density at radius 2 is 1.81 bits per heavy atom. The zero-order valence-corrected chi connectivity index (χ0v) is 14.8. The van der Waals surface area contributed by atoms with Crippen LogP contribution in [0.5, 0.6) is 5.75 Å². The standard InChI is InChI=1S/C19H18N4O4/c1-23(2)12-5-3-11(4-6-12)14-9-20-18-13(22-14)7-8-15(24)17(18)19(27)21-10-16(25)26/h3-9,24H,10H2,1-2H3,(H,21,27)(H,25,26). The van der Waals surface area contributed by atoms with Crippen LogP contribution in [-0.2, 0) is 4.79 Å². The maximum Gasteiger partial charge on any atom is 0.322 e. The molecule has 0 radical (unpaired) electrons. The Hall–Kier alpha value is -3.68. The third-order valence-corrected chi connectivity index (χ3v) is 4.00. The topological polar surface area (TPSA) is 116 Å². The van der Waals surface area contributed by atoms with E-state index in [2.05, 4.69) is 15.3 Å². The second kappa shape index (κ2) is 7.28. The minimum Gasteiger partial charge on any atom is -0.507 e. The molecule has 2 aromatic carbocycles. The van der Waals surface area contributed by atoms with Crippen molar-refractivity contribution in [3.05, 3.63) is 48.2 Å². The second-order valence-electron chi connectivity index (χ2n) is 6.10. The van der Waals surface area contributed by atoms with E-state index in [1.165, 1.54) is 12.3 Å². The van der Waals surface area contributed by atoms with Gasteiger partial charge < -0.3 is 20.4 Å². The highest BCUT2D eigenvalue weighted by Crippen LogP contribution is 2.27. The van der Waals surface area contributed by atoms with Gasteiger partial charge in [0, 0.05) is 25.3 Å². The number of aliphatic carboxylic acids is 1. The number of hydrogen-bond acceptors (Lipinski definition) is 6. The molecule has 1 aromatic heterocycles. The van der Waals surface area contributed by atoms with E-state index in [4.69, 9.17) is 5.11 Å². The van der Waals surface area contributed by atoms with E-state index in [1.54, 1.807) is 6.07 Å². The summed E-state index contributed by atoms with van der Waals surface area (Å²) in [5, 5.41) is 21.0. The fourth-order valence-corrected chi connectivity index (χ4v) is 2.61. The Balaban J connectivity index is 2.00. The largest absolute Gasteiger partial charge is 0.507 e. The van der Waals surface area contributed by atoms with Crippen molar-refractivity contribution in [1.29, 1.82) is 0 Å². The summed E-state index contributed by atoms with van der Waals surface area (Å²) in [6, 6.07) is 10.7. The average molecular weight is 366 g/mol. The Labute approximate surface area is 155 Å². The first-order valence-corrected chi connectivity index (χ1v) is 8.13. The van der Waals surface area contributed by atoms with Crippen LogP contribution >= 0.6 is 0 Å². The van der Waals surface area contributed by atoms with Crippen molar-refractivity contribution in [2.24, 2.45) is 0 Å². The minimum atomic E-state index is -1.18. The van der Waals surface area contributed by atoms with Crippen molar-refractivity contribution >= 4 is 28.6 Å². The molecule has 0 saturated heterocycles. The van der Waals surface area contributed by atoms with Crippen LogP contribution in [0.2, 0.25) is 0 Å². The van der Waals surface area contributed by atoms with Gasteiger partial charge in [0.25, 0.3) is 5.91 Å². The van der Waals surface area contributed by atoms with Crippen molar-refractivity contribution in [1.82, 2.24) is 15.3 Å². The third kappa shape index (κ3) is 3.79. The lowest BCUT2D eigenvalue weighted by molar-refractivity contribution is -0.135. The van der Waals surface area contributed by atoms with Crippen LogP contribution in [-0.4, -0.2) is 52.7 Å². The van der Waals surface area contributed by atoms with Crippen LogP contribution in [0.15, 0.2) is 42.6 Å². The summed E-state index contributed by atoms with van der Waals surface area (Å²) < 4.78 is 0. The molecule has 27 heavy (non-hydrogen) atoms. The number of carbonyl (C=O) groups is 2. The number of hydrogen-bond donors (Lipinski definition) is 3. The smallest absolute Gasteiger partial charge is 0.322 e. The first-order valence-electron chi connectivity index (χ1n) is 8.13. The maximum absolute atomic E-state index is 12.2. The fourth-order valence-electron chi connectivity index (χ4n) is 2.61. The molecule has 0 aliphatic heterocycles. The summed E-state index contributed by atoms with van der Waals surface area (Å²) >= 11 is 0. The van der Waals surface area contributed by atoms with E-state index < -0.39 is 18.4 Å². The number of anilines is 1. The number of benzene rings is 2. The number of phenols is 1. The normalized spacial score (nSPS) is 10.6. The van der Waals surface area contributed by atoms with Gasteiger partial charge in [-0.25, -0.2) is 4.98 Å². The van der Waals surface area contributed by atoms with E-state index in [0.29, 0.717) is 11.2 Å². The summed E-state index contributed by atoms with van der Waals surface area (Å²) in [7, 11) is 3.91. The predicted octanol–water partition coefficient (Wildman–Crippen LogP) is 1.88. The van der Waals surface area contributed by atoms with Crippen LogP contribution in [0, 0.1) is 0 Å². The first kappa shape index (κ1) is 18.1. The number of aromatic hydroxyl groups is 1. The molecule has 3 aromatic rings.